The Kier molecular flexibility index (Phi) is 3.18. The zero-order chi connectivity index (χ0) is 13.1. The molecule has 1 amide bonds. The first-order chi connectivity index (χ1) is 8.65. The lowest BCUT2D eigenvalue weighted by Gasteiger charge is -2.04. The molecular formula is C12H10FN3O2. The third-order valence-corrected chi connectivity index (χ3v) is 2.41. The molecule has 0 atom stereocenters. The van der Waals surface area contributed by atoms with Crippen molar-refractivity contribution < 1.29 is 14.0 Å². The highest BCUT2D eigenvalue weighted by molar-refractivity contribution is 5.92. The molecular weight excluding hydrogens is 237 g/mol. The molecule has 1 N–H and O–H groups in total. The SMILES string of the molecule is CNC(=O)c1ccn(-c2ccc(F)cc2C=O)n1. The highest BCUT2D eigenvalue weighted by atomic mass is 19.1. The zero-order valence-electron chi connectivity index (χ0n) is 9.55. The number of carbonyl (C=O) groups is 2. The summed E-state index contributed by atoms with van der Waals surface area (Å²) in [5.74, 6) is -0.831. The molecule has 0 unspecified atom stereocenters. The van der Waals surface area contributed by atoms with Gasteiger partial charge in [-0.25, -0.2) is 9.07 Å². The summed E-state index contributed by atoms with van der Waals surface area (Å²) in [6.07, 6.45) is 2.07. The Morgan fingerprint density at radius 1 is 1.44 bits per heavy atom. The number of halogens is 1. The smallest absolute Gasteiger partial charge is 0.271 e. The van der Waals surface area contributed by atoms with Crippen LogP contribution in [-0.4, -0.2) is 29.0 Å². The van der Waals surface area contributed by atoms with Crippen LogP contribution in [0.3, 0.4) is 0 Å². The molecule has 0 aliphatic heterocycles. The molecule has 92 valence electrons. The summed E-state index contributed by atoms with van der Waals surface area (Å²) in [6, 6.07) is 5.28. The number of carbonyl (C=O) groups excluding carboxylic acids is 2. The van der Waals surface area contributed by atoms with E-state index in [0.717, 1.165) is 6.07 Å². The minimum Gasteiger partial charge on any atom is -0.354 e. The van der Waals surface area contributed by atoms with Gasteiger partial charge in [0.2, 0.25) is 0 Å². The lowest BCUT2D eigenvalue weighted by atomic mass is 10.2. The van der Waals surface area contributed by atoms with Crippen LogP contribution in [0.2, 0.25) is 0 Å². The van der Waals surface area contributed by atoms with Gasteiger partial charge in [-0.3, -0.25) is 9.59 Å². The van der Waals surface area contributed by atoms with E-state index >= 15 is 0 Å². The Morgan fingerprint density at radius 2 is 2.22 bits per heavy atom. The first kappa shape index (κ1) is 12.0. The highest BCUT2D eigenvalue weighted by Crippen LogP contribution is 2.14. The van der Waals surface area contributed by atoms with E-state index in [9.17, 15) is 14.0 Å². The predicted molar refractivity (Wildman–Crippen MR) is 62.3 cm³/mol. The van der Waals surface area contributed by atoms with E-state index in [0.29, 0.717) is 12.0 Å². The molecule has 0 spiro atoms. The maximum atomic E-state index is 13.0. The molecule has 18 heavy (non-hydrogen) atoms. The Hall–Kier alpha value is -2.50. The van der Waals surface area contributed by atoms with Crippen LogP contribution in [0, 0.1) is 5.82 Å². The van der Waals surface area contributed by atoms with Crippen molar-refractivity contribution in [2.75, 3.05) is 7.05 Å². The fraction of sp³-hybridized carbons (Fsp3) is 0.0833. The maximum Gasteiger partial charge on any atom is 0.271 e. The summed E-state index contributed by atoms with van der Waals surface area (Å²) in [7, 11) is 1.50. The average molecular weight is 247 g/mol. The minimum atomic E-state index is -0.500. The molecule has 0 aliphatic rings. The second-order valence-electron chi connectivity index (χ2n) is 3.55. The van der Waals surface area contributed by atoms with E-state index in [4.69, 9.17) is 0 Å². The molecule has 1 aromatic carbocycles. The predicted octanol–water partition coefficient (Wildman–Crippen LogP) is 1.18. The standard InChI is InChI=1S/C12H10FN3O2/c1-14-12(18)10-4-5-16(15-10)11-3-2-9(13)6-8(11)7-17/h2-7H,1H3,(H,14,18). The largest absolute Gasteiger partial charge is 0.354 e. The number of benzene rings is 1. The molecule has 1 aromatic heterocycles. The third kappa shape index (κ3) is 2.13. The summed E-state index contributed by atoms with van der Waals surface area (Å²) in [4.78, 5) is 22.2. The van der Waals surface area contributed by atoms with Crippen molar-refractivity contribution in [3.05, 3.63) is 47.5 Å². The van der Waals surface area contributed by atoms with Gasteiger partial charge in [0.15, 0.2) is 12.0 Å². The molecule has 1 heterocycles. The quantitative estimate of drug-likeness (QED) is 0.828. The fourth-order valence-corrected chi connectivity index (χ4v) is 1.54. The number of hydrogen-bond donors (Lipinski definition) is 1. The number of amides is 1. The van der Waals surface area contributed by atoms with Crippen molar-refractivity contribution in [1.29, 1.82) is 0 Å². The van der Waals surface area contributed by atoms with E-state index in [1.165, 1.54) is 36.1 Å². The van der Waals surface area contributed by atoms with Crippen molar-refractivity contribution in [3.8, 4) is 5.69 Å². The minimum absolute atomic E-state index is 0.168. The van der Waals surface area contributed by atoms with Crippen molar-refractivity contribution in [2.24, 2.45) is 0 Å². The second kappa shape index (κ2) is 4.79. The zero-order valence-corrected chi connectivity index (χ0v) is 9.55. The molecule has 0 saturated carbocycles. The number of nitrogens with zero attached hydrogens (tertiary/aromatic N) is 2. The van der Waals surface area contributed by atoms with Gasteiger partial charge in [-0.2, -0.15) is 5.10 Å². The van der Waals surface area contributed by atoms with E-state index in [2.05, 4.69) is 10.4 Å². The van der Waals surface area contributed by atoms with Gasteiger partial charge in [0, 0.05) is 18.8 Å². The van der Waals surface area contributed by atoms with Crippen LogP contribution >= 0.6 is 0 Å². The van der Waals surface area contributed by atoms with Crippen molar-refractivity contribution >= 4 is 12.2 Å². The summed E-state index contributed by atoms with van der Waals surface area (Å²) in [5.41, 5.74) is 0.807. The summed E-state index contributed by atoms with van der Waals surface area (Å²) >= 11 is 0. The van der Waals surface area contributed by atoms with Crippen molar-refractivity contribution in [1.82, 2.24) is 15.1 Å². The molecule has 6 heteroatoms. The van der Waals surface area contributed by atoms with E-state index in [1.54, 1.807) is 0 Å². The van der Waals surface area contributed by atoms with Crippen LogP contribution in [0.5, 0.6) is 0 Å². The number of aromatic nitrogens is 2. The van der Waals surface area contributed by atoms with Crippen LogP contribution in [0.1, 0.15) is 20.8 Å². The van der Waals surface area contributed by atoms with Crippen LogP contribution in [0.4, 0.5) is 4.39 Å². The van der Waals surface area contributed by atoms with Gasteiger partial charge >= 0.3 is 0 Å². The van der Waals surface area contributed by atoms with Gasteiger partial charge in [-0.15, -0.1) is 0 Å². The maximum absolute atomic E-state index is 13.0. The van der Waals surface area contributed by atoms with Gasteiger partial charge in [-0.1, -0.05) is 0 Å². The highest BCUT2D eigenvalue weighted by Gasteiger charge is 2.10. The van der Waals surface area contributed by atoms with Crippen molar-refractivity contribution in [2.45, 2.75) is 0 Å². The lowest BCUT2D eigenvalue weighted by Crippen LogP contribution is -2.18. The number of hydrogen-bond acceptors (Lipinski definition) is 3. The van der Waals surface area contributed by atoms with Gasteiger partial charge in [-0.05, 0) is 24.3 Å². The van der Waals surface area contributed by atoms with Crippen LogP contribution in [0.25, 0.3) is 5.69 Å². The van der Waals surface area contributed by atoms with E-state index in [1.807, 2.05) is 0 Å². The normalized spacial score (nSPS) is 10.1. The topological polar surface area (TPSA) is 64.0 Å². The molecule has 0 fully saturated rings. The molecule has 2 rings (SSSR count). The van der Waals surface area contributed by atoms with E-state index < -0.39 is 5.82 Å². The fourth-order valence-electron chi connectivity index (χ4n) is 1.54. The molecule has 0 aliphatic carbocycles. The summed E-state index contributed by atoms with van der Waals surface area (Å²) in [5, 5.41) is 6.45. The Morgan fingerprint density at radius 3 is 2.89 bits per heavy atom. The Labute approximate surface area is 102 Å². The van der Waals surface area contributed by atoms with Gasteiger partial charge in [0.25, 0.3) is 5.91 Å². The number of aldehydes is 1. The molecule has 5 nitrogen and oxygen atoms in total. The van der Waals surface area contributed by atoms with E-state index in [-0.39, 0.29) is 17.2 Å². The Bertz CT molecular complexity index is 607. The van der Waals surface area contributed by atoms with Crippen LogP contribution in [-0.2, 0) is 0 Å². The third-order valence-electron chi connectivity index (χ3n) is 2.41. The second-order valence-corrected chi connectivity index (χ2v) is 3.55. The molecule has 0 radical (unpaired) electrons. The van der Waals surface area contributed by atoms with Gasteiger partial charge < -0.3 is 5.32 Å². The van der Waals surface area contributed by atoms with Gasteiger partial charge in [0.1, 0.15) is 5.82 Å². The average Bonchev–Trinajstić information content (AvgIpc) is 2.87. The Balaban J connectivity index is 2.46. The molecule has 0 saturated heterocycles. The van der Waals surface area contributed by atoms with Crippen LogP contribution < -0.4 is 5.32 Å². The summed E-state index contributed by atoms with van der Waals surface area (Å²) in [6.45, 7) is 0. The monoisotopic (exact) mass is 247 g/mol. The van der Waals surface area contributed by atoms with Crippen molar-refractivity contribution in [3.63, 3.8) is 0 Å². The lowest BCUT2D eigenvalue weighted by molar-refractivity contribution is 0.0957. The number of rotatable bonds is 3. The molecule has 2 aromatic rings. The first-order valence-corrected chi connectivity index (χ1v) is 5.18. The summed E-state index contributed by atoms with van der Waals surface area (Å²) < 4.78 is 14.3. The molecule has 0 bridgehead atoms. The van der Waals surface area contributed by atoms with Gasteiger partial charge in [0.05, 0.1) is 5.69 Å². The first-order valence-electron chi connectivity index (χ1n) is 5.18. The number of nitrogens with one attached hydrogen (secondary N) is 1. The van der Waals surface area contributed by atoms with Crippen LogP contribution in [0.15, 0.2) is 30.5 Å².